The minimum absolute atomic E-state index is 0.667. The monoisotopic (exact) mass is 356 g/mol. The Morgan fingerprint density at radius 3 is 1.05 bits per heavy atom. The molecule has 0 aliphatic carbocycles. The minimum Gasteiger partial charge on any atom is -0.376 e. The number of hydrogen-bond donors (Lipinski definition) is 0. The molecule has 0 aliphatic heterocycles. The van der Waals surface area contributed by atoms with Crippen molar-refractivity contribution >= 4 is 18.3 Å². The second-order valence-electron chi connectivity index (χ2n) is 3.99. The first-order valence-corrected chi connectivity index (χ1v) is 11.7. The lowest BCUT2D eigenvalue weighted by Gasteiger charge is -2.26. The summed E-state index contributed by atoms with van der Waals surface area (Å²) in [6.07, 6.45) is 0. The van der Waals surface area contributed by atoms with Gasteiger partial charge in [0.05, 0.1) is 0 Å². The summed E-state index contributed by atoms with van der Waals surface area (Å²) in [5.41, 5.74) is 0. The molecule has 6 nitrogen and oxygen atoms in total. The number of rotatable bonds is 13. The van der Waals surface area contributed by atoms with E-state index in [0.29, 0.717) is 39.6 Å². The van der Waals surface area contributed by atoms with Crippen LogP contribution in [0.25, 0.3) is 0 Å². The third-order valence-corrected chi connectivity index (χ3v) is 7.30. The molecule has 8 heteroatoms. The van der Waals surface area contributed by atoms with E-state index in [2.05, 4.69) is 0 Å². The van der Waals surface area contributed by atoms with E-state index >= 15 is 0 Å². The Kier molecular flexibility index (Phi) is 19.5. The molecule has 0 rings (SSSR count). The smallest absolute Gasteiger partial charge is 0.376 e. The minimum atomic E-state index is -2.27. The van der Waals surface area contributed by atoms with Crippen molar-refractivity contribution in [2.45, 2.75) is 54.5 Å². The Bertz CT molecular complexity index is 190. The summed E-state index contributed by atoms with van der Waals surface area (Å²) in [6, 6.07) is 0.850. The molecule has 0 unspecified atom stereocenters. The van der Waals surface area contributed by atoms with E-state index in [4.69, 9.17) is 26.6 Å². The van der Waals surface area contributed by atoms with Crippen molar-refractivity contribution < 1.29 is 26.6 Å². The van der Waals surface area contributed by atoms with E-state index in [1.165, 1.54) is 0 Å². The highest BCUT2D eigenvalue weighted by Crippen LogP contribution is 2.14. The molecule has 0 aromatic carbocycles. The lowest BCUT2D eigenvalue weighted by atomic mass is 10.9. The SMILES string of the molecule is CCO[SiH](OCC)OCC.CCO[Si](CC)(OCC)OCC. The Morgan fingerprint density at radius 2 is 0.864 bits per heavy atom. The lowest BCUT2D eigenvalue weighted by molar-refractivity contribution is 0.0725. The van der Waals surface area contributed by atoms with Crippen LogP contribution in [-0.2, 0) is 26.6 Å². The molecule has 0 bridgehead atoms. The Hall–Kier alpha value is 0.194. The first kappa shape index (κ1) is 24.4. The highest BCUT2D eigenvalue weighted by Gasteiger charge is 2.37. The van der Waals surface area contributed by atoms with Gasteiger partial charge in [-0.2, -0.15) is 0 Å². The molecule has 0 saturated carbocycles. The maximum atomic E-state index is 5.55. The fourth-order valence-corrected chi connectivity index (χ4v) is 4.93. The summed E-state index contributed by atoms with van der Waals surface area (Å²) < 4.78 is 32.3. The van der Waals surface area contributed by atoms with Gasteiger partial charge in [0, 0.05) is 45.7 Å². The zero-order valence-electron chi connectivity index (χ0n) is 15.5. The Labute approximate surface area is 139 Å². The molecule has 0 atom stereocenters. The van der Waals surface area contributed by atoms with Gasteiger partial charge in [-0.1, -0.05) is 6.92 Å². The molecule has 0 N–H and O–H groups in total. The van der Waals surface area contributed by atoms with Crippen molar-refractivity contribution in [2.75, 3.05) is 39.6 Å². The van der Waals surface area contributed by atoms with Gasteiger partial charge in [0.2, 0.25) is 0 Å². The molecule has 0 heterocycles. The fourth-order valence-electron chi connectivity index (χ4n) is 1.64. The summed E-state index contributed by atoms with van der Waals surface area (Å²) in [5, 5.41) is 0. The van der Waals surface area contributed by atoms with Crippen molar-refractivity contribution in [1.29, 1.82) is 0 Å². The van der Waals surface area contributed by atoms with Gasteiger partial charge >= 0.3 is 18.3 Å². The van der Waals surface area contributed by atoms with Gasteiger partial charge in [0.1, 0.15) is 0 Å². The van der Waals surface area contributed by atoms with Crippen LogP contribution in [0.3, 0.4) is 0 Å². The van der Waals surface area contributed by atoms with E-state index in [9.17, 15) is 0 Å². The van der Waals surface area contributed by atoms with Gasteiger partial charge in [-0.05, 0) is 41.5 Å². The van der Waals surface area contributed by atoms with E-state index in [1.54, 1.807) is 0 Å². The molecule has 0 spiro atoms. The van der Waals surface area contributed by atoms with Crippen LogP contribution in [0.4, 0.5) is 0 Å². The van der Waals surface area contributed by atoms with Crippen molar-refractivity contribution in [1.82, 2.24) is 0 Å². The molecular weight excluding hydrogens is 320 g/mol. The zero-order chi connectivity index (χ0) is 17.3. The standard InChI is InChI=1S/C8H20O3Si.C6H16O3Si/c1-5-9-12(8-4,10-6-2)11-7-3;1-4-7-10(8-5-2)9-6-3/h5-8H2,1-4H3;10H,4-6H2,1-3H3. The van der Waals surface area contributed by atoms with Crippen LogP contribution < -0.4 is 0 Å². The van der Waals surface area contributed by atoms with Gasteiger partial charge in [-0.25, -0.2) is 0 Å². The first-order chi connectivity index (χ1) is 10.6. The molecule has 0 aliphatic rings. The van der Waals surface area contributed by atoms with Crippen molar-refractivity contribution in [3.05, 3.63) is 0 Å². The quantitative estimate of drug-likeness (QED) is 0.473. The predicted octanol–water partition coefficient (Wildman–Crippen LogP) is 2.87. The van der Waals surface area contributed by atoms with Crippen LogP contribution in [0.2, 0.25) is 6.04 Å². The summed E-state index contributed by atoms with van der Waals surface area (Å²) in [6.45, 7) is 17.8. The summed E-state index contributed by atoms with van der Waals surface area (Å²) in [7, 11) is -4.00. The third kappa shape index (κ3) is 12.7. The third-order valence-electron chi connectivity index (χ3n) is 2.43. The predicted molar refractivity (Wildman–Crippen MR) is 93.1 cm³/mol. The van der Waals surface area contributed by atoms with Crippen LogP contribution in [0.5, 0.6) is 0 Å². The summed E-state index contributed by atoms with van der Waals surface area (Å²) in [5.74, 6) is 0. The lowest BCUT2D eigenvalue weighted by Crippen LogP contribution is -2.45. The van der Waals surface area contributed by atoms with Gasteiger partial charge in [0.25, 0.3) is 0 Å². The molecule has 0 aromatic heterocycles. The largest absolute Gasteiger partial charge is 0.500 e. The van der Waals surface area contributed by atoms with Crippen molar-refractivity contribution in [2.24, 2.45) is 0 Å². The Morgan fingerprint density at radius 1 is 0.545 bits per heavy atom. The van der Waals surface area contributed by atoms with E-state index in [0.717, 1.165) is 6.04 Å². The average molecular weight is 357 g/mol. The summed E-state index contributed by atoms with van der Waals surface area (Å²) in [4.78, 5) is 0. The van der Waals surface area contributed by atoms with Crippen molar-refractivity contribution in [3.63, 3.8) is 0 Å². The van der Waals surface area contributed by atoms with Crippen LogP contribution in [-0.4, -0.2) is 58.0 Å². The number of hydrogen-bond acceptors (Lipinski definition) is 6. The van der Waals surface area contributed by atoms with Gasteiger partial charge in [0.15, 0.2) is 0 Å². The molecule has 0 saturated heterocycles. The van der Waals surface area contributed by atoms with E-state index in [1.807, 2.05) is 48.5 Å². The van der Waals surface area contributed by atoms with Gasteiger partial charge in [-0.3, -0.25) is 0 Å². The van der Waals surface area contributed by atoms with Gasteiger partial charge < -0.3 is 26.6 Å². The van der Waals surface area contributed by atoms with Crippen molar-refractivity contribution in [3.8, 4) is 0 Å². The van der Waals surface area contributed by atoms with Crippen LogP contribution in [0.1, 0.15) is 48.5 Å². The highest BCUT2D eigenvalue weighted by atomic mass is 28.4. The van der Waals surface area contributed by atoms with E-state index in [-0.39, 0.29) is 0 Å². The maximum Gasteiger partial charge on any atom is 0.500 e. The average Bonchev–Trinajstić information content (AvgIpc) is 2.49. The fraction of sp³-hybridized carbons (Fsp3) is 1.00. The maximum absolute atomic E-state index is 5.55. The van der Waals surface area contributed by atoms with Crippen LogP contribution in [0.15, 0.2) is 0 Å². The van der Waals surface area contributed by atoms with Gasteiger partial charge in [-0.15, -0.1) is 0 Å². The van der Waals surface area contributed by atoms with Crippen LogP contribution >= 0.6 is 0 Å². The van der Waals surface area contributed by atoms with Crippen LogP contribution in [0, 0.1) is 0 Å². The molecule has 136 valence electrons. The zero-order valence-corrected chi connectivity index (χ0v) is 17.6. The molecule has 0 aromatic rings. The topological polar surface area (TPSA) is 55.4 Å². The summed E-state index contributed by atoms with van der Waals surface area (Å²) >= 11 is 0. The molecular formula is C14H36O6Si2. The molecule has 22 heavy (non-hydrogen) atoms. The molecule has 0 fully saturated rings. The second-order valence-corrected chi connectivity index (χ2v) is 8.51. The van der Waals surface area contributed by atoms with E-state index < -0.39 is 18.3 Å². The molecule has 0 amide bonds. The molecule has 0 radical (unpaired) electrons. The normalized spacial score (nSPS) is 11.5. The second kappa shape index (κ2) is 17.5. The first-order valence-electron chi connectivity index (χ1n) is 8.35. The highest BCUT2D eigenvalue weighted by molar-refractivity contribution is 6.60. The Balaban J connectivity index is 0.